The molecule has 0 aromatic rings. The van der Waals surface area contributed by atoms with Crippen LogP contribution in [0.2, 0.25) is 0 Å². The van der Waals surface area contributed by atoms with E-state index >= 15 is 0 Å². The monoisotopic (exact) mass is 318 g/mol. The zero-order valence-corrected chi connectivity index (χ0v) is 12.7. The van der Waals surface area contributed by atoms with Crippen LogP contribution in [0.4, 0.5) is 13.2 Å². The Balaban J connectivity index is 2.82. The molecule has 20 heavy (non-hydrogen) atoms. The van der Waals surface area contributed by atoms with Crippen molar-refractivity contribution in [3.63, 3.8) is 0 Å². The Hall–Kier alpha value is -0.380. The summed E-state index contributed by atoms with van der Waals surface area (Å²) in [6.45, 7) is 4.81. The molecule has 0 aromatic carbocycles. The van der Waals surface area contributed by atoms with Gasteiger partial charge in [-0.1, -0.05) is 6.92 Å². The first-order valence-corrected chi connectivity index (χ1v) is 7.93. The van der Waals surface area contributed by atoms with Crippen LogP contribution < -0.4 is 0 Å². The molecule has 0 aliphatic carbocycles. The van der Waals surface area contributed by atoms with Gasteiger partial charge in [-0.05, 0) is 13.8 Å². The van der Waals surface area contributed by atoms with Crippen LogP contribution in [0.3, 0.4) is 0 Å². The molecule has 9 heteroatoms. The fourth-order valence-electron chi connectivity index (χ4n) is 2.03. The molecule has 2 atom stereocenters. The molecule has 0 spiro atoms. The molecule has 1 fully saturated rings. The van der Waals surface area contributed by atoms with E-state index in [1.807, 2.05) is 0 Å². The zero-order valence-electron chi connectivity index (χ0n) is 11.9. The summed E-state index contributed by atoms with van der Waals surface area (Å²) in [7, 11) is -3.89. The first kappa shape index (κ1) is 17.7. The van der Waals surface area contributed by atoms with Crippen molar-refractivity contribution in [2.24, 2.45) is 0 Å². The van der Waals surface area contributed by atoms with Crippen molar-refractivity contribution in [1.29, 1.82) is 0 Å². The standard InChI is InChI=1S/C11H21F3N2O3S/c1-4-15(6-5-11(12,13)14)20(17,18)16-7-10(3)19-8-9(16)2/h9-10H,4-8H2,1-3H3. The molecule has 0 N–H and O–H groups in total. The topological polar surface area (TPSA) is 49.9 Å². The van der Waals surface area contributed by atoms with Crippen LogP contribution in [0, 0.1) is 0 Å². The number of rotatable bonds is 5. The maximum atomic E-state index is 12.4. The Morgan fingerprint density at radius 2 is 1.95 bits per heavy atom. The molecule has 120 valence electrons. The molecule has 5 nitrogen and oxygen atoms in total. The van der Waals surface area contributed by atoms with Crippen molar-refractivity contribution >= 4 is 10.2 Å². The quantitative estimate of drug-likeness (QED) is 0.774. The van der Waals surface area contributed by atoms with Crippen LogP contribution in [0.15, 0.2) is 0 Å². The van der Waals surface area contributed by atoms with Gasteiger partial charge >= 0.3 is 6.18 Å². The lowest BCUT2D eigenvalue weighted by atomic mass is 10.2. The van der Waals surface area contributed by atoms with E-state index in [1.165, 1.54) is 11.2 Å². The largest absolute Gasteiger partial charge is 0.390 e. The van der Waals surface area contributed by atoms with Gasteiger partial charge in [-0.25, -0.2) is 0 Å². The first-order chi connectivity index (χ1) is 9.08. The molecule has 0 saturated carbocycles. The summed E-state index contributed by atoms with van der Waals surface area (Å²) < 4.78 is 69.1. The number of nitrogens with zero attached hydrogens (tertiary/aromatic N) is 2. The lowest BCUT2D eigenvalue weighted by Gasteiger charge is -2.38. The summed E-state index contributed by atoms with van der Waals surface area (Å²) in [4.78, 5) is 0. The molecule has 1 rings (SSSR count). The minimum atomic E-state index is -4.37. The van der Waals surface area contributed by atoms with Crippen molar-refractivity contribution < 1.29 is 26.3 Å². The summed E-state index contributed by atoms with van der Waals surface area (Å²) in [5, 5.41) is 0. The Morgan fingerprint density at radius 1 is 1.35 bits per heavy atom. The molecule has 2 unspecified atom stereocenters. The van der Waals surface area contributed by atoms with Crippen molar-refractivity contribution in [3.8, 4) is 0 Å². The highest BCUT2D eigenvalue weighted by molar-refractivity contribution is 7.86. The second-order valence-electron chi connectivity index (χ2n) is 4.93. The molecule has 0 amide bonds. The van der Waals surface area contributed by atoms with E-state index in [0.717, 1.165) is 4.31 Å². The summed E-state index contributed by atoms with van der Waals surface area (Å²) in [5.74, 6) is 0. The SMILES string of the molecule is CCN(CCC(F)(F)F)S(=O)(=O)N1CC(C)OCC1C. The fraction of sp³-hybridized carbons (Fsp3) is 1.00. The molecule has 1 saturated heterocycles. The molecule has 1 aliphatic heterocycles. The van der Waals surface area contributed by atoms with E-state index in [9.17, 15) is 21.6 Å². The first-order valence-electron chi connectivity index (χ1n) is 6.53. The van der Waals surface area contributed by atoms with Crippen LogP contribution >= 0.6 is 0 Å². The normalized spacial score (nSPS) is 26.1. The Bertz CT molecular complexity index is 414. The number of hydrogen-bond acceptors (Lipinski definition) is 3. The third kappa shape index (κ3) is 4.57. The van der Waals surface area contributed by atoms with Gasteiger partial charge in [0.05, 0.1) is 19.1 Å². The van der Waals surface area contributed by atoms with Crippen LogP contribution in [0.1, 0.15) is 27.2 Å². The average molecular weight is 318 g/mol. The number of ether oxygens (including phenoxy) is 1. The van der Waals surface area contributed by atoms with E-state index in [-0.39, 0.29) is 31.8 Å². The average Bonchev–Trinajstić information content (AvgIpc) is 2.31. The molecular formula is C11H21F3N2O3S. The van der Waals surface area contributed by atoms with Gasteiger partial charge in [-0.3, -0.25) is 0 Å². The van der Waals surface area contributed by atoms with Crippen molar-refractivity contribution in [2.75, 3.05) is 26.2 Å². The highest BCUT2D eigenvalue weighted by atomic mass is 32.2. The number of hydrogen-bond donors (Lipinski definition) is 0. The minimum Gasteiger partial charge on any atom is -0.375 e. The molecule has 0 radical (unpaired) electrons. The molecule has 0 aromatic heterocycles. The highest BCUT2D eigenvalue weighted by Crippen LogP contribution is 2.23. The predicted octanol–water partition coefficient (Wildman–Crippen LogP) is 1.61. The van der Waals surface area contributed by atoms with Gasteiger partial charge in [-0.2, -0.15) is 30.2 Å². The zero-order chi connectivity index (χ0) is 15.6. The van der Waals surface area contributed by atoms with Gasteiger partial charge < -0.3 is 4.74 Å². The summed E-state index contributed by atoms with van der Waals surface area (Å²) in [5.41, 5.74) is 0. The van der Waals surface area contributed by atoms with Crippen LogP contribution in [-0.2, 0) is 14.9 Å². The summed E-state index contributed by atoms with van der Waals surface area (Å²) >= 11 is 0. The molecule has 1 heterocycles. The maximum Gasteiger partial charge on any atom is 0.390 e. The van der Waals surface area contributed by atoms with Crippen LogP contribution in [-0.4, -0.2) is 61.6 Å². The van der Waals surface area contributed by atoms with E-state index in [1.54, 1.807) is 13.8 Å². The third-order valence-electron chi connectivity index (χ3n) is 3.17. The van der Waals surface area contributed by atoms with Crippen molar-refractivity contribution in [1.82, 2.24) is 8.61 Å². The van der Waals surface area contributed by atoms with Crippen molar-refractivity contribution in [3.05, 3.63) is 0 Å². The van der Waals surface area contributed by atoms with Gasteiger partial charge in [0, 0.05) is 25.7 Å². The minimum absolute atomic E-state index is 0.0108. The van der Waals surface area contributed by atoms with E-state index in [0.29, 0.717) is 0 Å². The number of halogens is 3. The van der Waals surface area contributed by atoms with Gasteiger partial charge in [0.25, 0.3) is 10.2 Å². The number of alkyl halides is 3. The second-order valence-corrected chi connectivity index (χ2v) is 6.81. The summed E-state index contributed by atoms with van der Waals surface area (Å²) in [6.07, 6.45) is -5.77. The third-order valence-corrected chi connectivity index (χ3v) is 5.37. The van der Waals surface area contributed by atoms with Gasteiger partial charge in [0.2, 0.25) is 0 Å². The fourth-order valence-corrected chi connectivity index (χ4v) is 3.89. The Labute approximate surface area is 117 Å². The summed E-state index contributed by atoms with van der Waals surface area (Å²) in [6, 6.07) is -0.379. The van der Waals surface area contributed by atoms with E-state index < -0.39 is 29.4 Å². The van der Waals surface area contributed by atoms with Crippen molar-refractivity contribution in [2.45, 2.75) is 45.5 Å². The smallest absolute Gasteiger partial charge is 0.375 e. The van der Waals surface area contributed by atoms with E-state index in [4.69, 9.17) is 4.74 Å². The second kappa shape index (κ2) is 6.59. The molecule has 1 aliphatic rings. The molecular weight excluding hydrogens is 297 g/mol. The maximum absolute atomic E-state index is 12.4. The van der Waals surface area contributed by atoms with Crippen LogP contribution in [0.5, 0.6) is 0 Å². The lowest BCUT2D eigenvalue weighted by molar-refractivity contribution is -0.135. The number of morpholine rings is 1. The van der Waals surface area contributed by atoms with Gasteiger partial charge in [0.15, 0.2) is 0 Å². The molecule has 0 bridgehead atoms. The van der Waals surface area contributed by atoms with Gasteiger partial charge in [0.1, 0.15) is 0 Å². The Morgan fingerprint density at radius 3 is 2.45 bits per heavy atom. The van der Waals surface area contributed by atoms with Gasteiger partial charge in [-0.15, -0.1) is 0 Å². The Kier molecular flexibility index (Phi) is 5.82. The predicted molar refractivity (Wildman–Crippen MR) is 68.4 cm³/mol. The van der Waals surface area contributed by atoms with E-state index in [2.05, 4.69) is 0 Å². The highest BCUT2D eigenvalue weighted by Gasteiger charge is 2.38. The lowest BCUT2D eigenvalue weighted by Crippen LogP contribution is -2.55. The van der Waals surface area contributed by atoms with Crippen LogP contribution in [0.25, 0.3) is 0 Å².